The van der Waals surface area contributed by atoms with Crippen molar-refractivity contribution in [3.8, 4) is 0 Å². The van der Waals surface area contributed by atoms with Gasteiger partial charge in [-0.05, 0) is 37.5 Å². The molecule has 6 heteroatoms. The summed E-state index contributed by atoms with van der Waals surface area (Å²) in [6.07, 6.45) is 2.07. The zero-order valence-electron chi connectivity index (χ0n) is 13.4. The summed E-state index contributed by atoms with van der Waals surface area (Å²) < 4.78 is 4.95. The molecule has 0 unspecified atom stereocenters. The lowest BCUT2D eigenvalue weighted by atomic mass is 9.75. The van der Waals surface area contributed by atoms with Crippen LogP contribution in [0, 0.1) is 0 Å². The second-order valence-corrected chi connectivity index (χ2v) is 6.75. The number of esters is 1. The molecule has 4 nitrogen and oxygen atoms in total. The van der Waals surface area contributed by atoms with Gasteiger partial charge in [0.25, 0.3) is 0 Å². The van der Waals surface area contributed by atoms with E-state index in [4.69, 9.17) is 27.9 Å². The number of halogens is 2. The van der Waals surface area contributed by atoms with Gasteiger partial charge in [-0.1, -0.05) is 29.3 Å². The van der Waals surface area contributed by atoms with Gasteiger partial charge >= 0.3 is 5.97 Å². The van der Waals surface area contributed by atoms with Gasteiger partial charge in [0.05, 0.1) is 22.7 Å². The van der Waals surface area contributed by atoms with Crippen molar-refractivity contribution < 1.29 is 14.3 Å². The molecule has 0 bridgehead atoms. The van der Waals surface area contributed by atoms with Crippen molar-refractivity contribution in [2.45, 2.75) is 32.1 Å². The summed E-state index contributed by atoms with van der Waals surface area (Å²) in [4.78, 5) is 25.0. The molecule has 1 aliphatic heterocycles. The van der Waals surface area contributed by atoms with Crippen molar-refractivity contribution in [2.24, 2.45) is 0 Å². The van der Waals surface area contributed by atoms with Crippen LogP contribution in [0.15, 0.2) is 40.7 Å². The monoisotopic (exact) mass is 365 g/mol. The molecule has 3 rings (SSSR count). The van der Waals surface area contributed by atoms with Crippen LogP contribution < -0.4 is 5.32 Å². The third-order valence-corrected chi connectivity index (χ3v) is 5.20. The van der Waals surface area contributed by atoms with Gasteiger partial charge in [0.15, 0.2) is 5.78 Å². The maximum atomic E-state index is 12.6. The van der Waals surface area contributed by atoms with Crippen molar-refractivity contribution in [2.75, 3.05) is 7.11 Å². The number of allylic oxidation sites excluding steroid dienone is 3. The minimum absolute atomic E-state index is 0.0497. The van der Waals surface area contributed by atoms with Gasteiger partial charge in [-0.3, -0.25) is 4.79 Å². The number of nitrogens with one attached hydrogen (secondary N) is 1. The number of carbonyl (C=O) groups is 2. The lowest BCUT2D eigenvalue weighted by molar-refractivity contribution is -0.136. The lowest BCUT2D eigenvalue weighted by Crippen LogP contribution is -2.34. The predicted molar refractivity (Wildman–Crippen MR) is 92.9 cm³/mol. The van der Waals surface area contributed by atoms with Gasteiger partial charge in [0, 0.05) is 29.3 Å². The molecule has 126 valence electrons. The number of ether oxygens (including phenoxy) is 1. The molecule has 1 aliphatic carbocycles. The number of ketones is 1. The Morgan fingerprint density at radius 2 is 2.00 bits per heavy atom. The van der Waals surface area contributed by atoms with Gasteiger partial charge in [0.2, 0.25) is 0 Å². The molecule has 2 aliphatic rings. The minimum atomic E-state index is -0.490. The highest BCUT2D eigenvalue weighted by atomic mass is 35.5. The predicted octanol–water partition coefficient (Wildman–Crippen LogP) is 4.13. The lowest BCUT2D eigenvalue weighted by Gasteiger charge is -2.34. The highest BCUT2D eigenvalue weighted by molar-refractivity contribution is 6.42. The molecular weight excluding hydrogens is 349 g/mol. The topological polar surface area (TPSA) is 55.4 Å². The van der Waals surface area contributed by atoms with Crippen LogP contribution in [0.25, 0.3) is 0 Å². The summed E-state index contributed by atoms with van der Waals surface area (Å²) in [5.74, 6) is -0.897. The second kappa shape index (κ2) is 6.61. The molecule has 1 aromatic rings. The van der Waals surface area contributed by atoms with Crippen molar-refractivity contribution in [1.82, 2.24) is 5.32 Å². The van der Waals surface area contributed by atoms with E-state index in [1.807, 2.05) is 6.92 Å². The molecule has 0 fully saturated rings. The number of benzene rings is 1. The highest BCUT2D eigenvalue weighted by Gasteiger charge is 2.38. The van der Waals surface area contributed by atoms with E-state index in [1.165, 1.54) is 7.11 Å². The van der Waals surface area contributed by atoms with Crippen LogP contribution in [-0.2, 0) is 14.3 Å². The van der Waals surface area contributed by atoms with E-state index in [9.17, 15) is 9.59 Å². The van der Waals surface area contributed by atoms with E-state index in [0.717, 1.165) is 24.1 Å². The van der Waals surface area contributed by atoms with Gasteiger partial charge < -0.3 is 10.1 Å². The fourth-order valence-corrected chi connectivity index (χ4v) is 3.70. The van der Waals surface area contributed by atoms with Crippen molar-refractivity contribution in [3.63, 3.8) is 0 Å². The number of methoxy groups -OCH3 is 1. The zero-order chi connectivity index (χ0) is 17.4. The summed E-state index contributed by atoms with van der Waals surface area (Å²) >= 11 is 12.2. The Morgan fingerprint density at radius 1 is 1.25 bits per heavy atom. The number of carbonyl (C=O) groups excluding carboxylic acids is 2. The van der Waals surface area contributed by atoms with E-state index < -0.39 is 11.9 Å². The van der Waals surface area contributed by atoms with Gasteiger partial charge in [-0.15, -0.1) is 0 Å². The Labute approximate surface area is 150 Å². The third-order valence-electron chi connectivity index (χ3n) is 4.46. The molecule has 0 radical (unpaired) electrons. The largest absolute Gasteiger partial charge is 0.466 e. The smallest absolute Gasteiger partial charge is 0.336 e. The molecule has 1 heterocycles. The molecule has 0 amide bonds. The maximum absolute atomic E-state index is 12.6. The first kappa shape index (κ1) is 17.1. The second-order valence-electron chi connectivity index (χ2n) is 5.93. The Balaban J connectivity index is 2.21. The van der Waals surface area contributed by atoms with Gasteiger partial charge in [0.1, 0.15) is 0 Å². The molecule has 0 saturated heterocycles. The first-order valence-electron chi connectivity index (χ1n) is 7.71. The van der Waals surface area contributed by atoms with Crippen molar-refractivity contribution in [1.29, 1.82) is 0 Å². The number of rotatable bonds is 2. The van der Waals surface area contributed by atoms with Crippen LogP contribution in [0.4, 0.5) is 0 Å². The van der Waals surface area contributed by atoms with Crippen molar-refractivity contribution >= 4 is 35.0 Å². The van der Waals surface area contributed by atoms with Crippen LogP contribution in [0.3, 0.4) is 0 Å². The molecule has 0 spiro atoms. The summed E-state index contributed by atoms with van der Waals surface area (Å²) in [7, 11) is 1.33. The summed E-state index contributed by atoms with van der Waals surface area (Å²) in [5, 5.41) is 4.04. The average Bonchev–Trinajstić information content (AvgIpc) is 2.55. The number of hydrogen-bond donors (Lipinski definition) is 1. The zero-order valence-corrected chi connectivity index (χ0v) is 14.9. The standard InChI is InChI=1S/C18H17Cl2NO3/c1-9-15(18(23)24-2)16(10-6-7-11(19)12(20)8-10)17-13(21-9)4-3-5-14(17)22/h6-8,16,21H,3-5H2,1-2H3/t16-/m0/s1. The number of hydrogen-bond acceptors (Lipinski definition) is 4. The van der Waals surface area contributed by atoms with Crippen LogP contribution in [0.1, 0.15) is 37.7 Å². The highest BCUT2D eigenvalue weighted by Crippen LogP contribution is 2.43. The molecule has 0 aromatic heterocycles. The summed E-state index contributed by atoms with van der Waals surface area (Å²) in [5.41, 5.74) is 3.41. The molecule has 24 heavy (non-hydrogen) atoms. The van der Waals surface area contributed by atoms with E-state index in [2.05, 4.69) is 5.32 Å². The number of Topliss-reactive ketones (excluding diaryl/α,β-unsaturated/α-hetero) is 1. The maximum Gasteiger partial charge on any atom is 0.336 e. The SMILES string of the molecule is COC(=O)C1=C(C)NC2=C(C(=O)CCC2)[C@H]1c1ccc(Cl)c(Cl)c1. The van der Waals surface area contributed by atoms with E-state index in [0.29, 0.717) is 33.3 Å². The van der Waals surface area contributed by atoms with E-state index in [-0.39, 0.29) is 5.78 Å². The molecule has 1 aromatic carbocycles. The third kappa shape index (κ3) is 2.85. The fourth-order valence-electron chi connectivity index (χ4n) is 3.39. The Bertz CT molecular complexity index is 795. The first-order valence-corrected chi connectivity index (χ1v) is 8.47. The van der Waals surface area contributed by atoms with Gasteiger partial charge in [-0.25, -0.2) is 4.79 Å². The molecule has 0 saturated carbocycles. The minimum Gasteiger partial charge on any atom is -0.466 e. The van der Waals surface area contributed by atoms with Crippen LogP contribution in [0.5, 0.6) is 0 Å². The van der Waals surface area contributed by atoms with Crippen LogP contribution in [-0.4, -0.2) is 18.9 Å². The Hall–Kier alpha value is -1.78. The molecule has 1 atom stereocenters. The Kier molecular flexibility index (Phi) is 4.70. The summed E-state index contributed by atoms with van der Waals surface area (Å²) in [6, 6.07) is 5.19. The average molecular weight is 366 g/mol. The molecule has 1 N–H and O–H groups in total. The van der Waals surface area contributed by atoms with Crippen molar-refractivity contribution in [3.05, 3.63) is 56.3 Å². The fraction of sp³-hybridized carbons (Fsp3) is 0.333. The van der Waals surface area contributed by atoms with Gasteiger partial charge in [-0.2, -0.15) is 0 Å². The quantitative estimate of drug-likeness (QED) is 0.800. The number of dihydropyridines is 1. The van der Waals surface area contributed by atoms with E-state index >= 15 is 0 Å². The van der Waals surface area contributed by atoms with E-state index in [1.54, 1.807) is 18.2 Å². The Morgan fingerprint density at radius 3 is 2.67 bits per heavy atom. The van der Waals surface area contributed by atoms with Crippen LogP contribution >= 0.6 is 23.2 Å². The molecular formula is C18H17Cl2NO3. The first-order chi connectivity index (χ1) is 11.4. The summed E-state index contributed by atoms with van der Waals surface area (Å²) in [6.45, 7) is 1.82. The normalized spacial score (nSPS) is 20.7. The van der Waals surface area contributed by atoms with Crippen LogP contribution in [0.2, 0.25) is 10.0 Å².